The Bertz CT molecular complexity index is 1090. The molecule has 1 saturated carbocycles. The summed E-state index contributed by atoms with van der Waals surface area (Å²) in [5.41, 5.74) is 1.89. The van der Waals surface area contributed by atoms with Gasteiger partial charge >= 0.3 is 0 Å². The highest BCUT2D eigenvalue weighted by atomic mass is 19.1. The van der Waals surface area contributed by atoms with Gasteiger partial charge in [-0.1, -0.05) is 6.07 Å². The lowest BCUT2D eigenvalue weighted by Gasteiger charge is -2.49. The van der Waals surface area contributed by atoms with Crippen LogP contribution in [0, 0.1) is 18.7 Å². The number of aryl methyl sites for hydroxylation is 1. The van der Waals surface area contributed by atoms with Gasteiger partial charge in [0.15, 0.2) is 5.82 Å². The highest BCUT2D eigenvalue weighted by Gasteiger charge is 2.44. The van der Waals surface area contributed by atoms with Crippen LogP contribution in [0.5, 0.6) is 5.88 Å². The topological polar surface area (TPSA) is 68.2 Å². The molecule has 1 aromatic carbocycles. The van der Waals surface area contributed by atoms with Gasteiger partial charge in [0.2, 0.25) is 5.88 Å². The largest absolute Gasteiger partial charge is 0.472 e. The lowest BCUT2D eigenvalue weighted by Crippen LogP contribution is -2.59. The van der Waals surface area contributed by atoms with Gasteiger partial charge in [0.1, 0.15) is 11.9 Å². The van der Waals surface area contributed by atoms with E-state index in [9.17, 15) is 9.18 Å². The van der Waals surface area contributed by atoms with Crippen molar-refractivity contribution in [2.24, 2.45) is 5.92 Å². The summed E-state index contributed by atoms with van der Waals surface area (Å²) in [6, 6.07) is 9.65. The highest BCUT2D eigenvalue weighted by molar-refractivity contribution is 6.00. The Kier molecular flexibility index (Phi) is 5.10. The van der Waals surface area contributed by atoms with Gasteiger partial charge < -0.3 is 9.64 Å². The van der Waals surface area contributed by atoms with Gasteiger partial charge in [0.25, 0.3) is 5.91 Å². The number of piperidine rings is 2. The van der Waals surface area contributed by atoms with E-state index in [1.165, 1.54) is 18.2 Å². The predicted molar refractivity (Wildman–Crippen MR) is 113 cm³/mol. The van der Waals surface area contributed by atoms with Gasteiger partial charge in [-0.15, -0.1) is 0 Å². The summed E-state index contributed by atoms with van der Waals surface area (Å²) in [6.45, 7) is 2.66. The van der Waals surface area contributed by atoms with Gasteiger partial charge in [-0.3, -0.25) is 4.79 Å². The lowest BCUT2D eigenvalue weighted by molar-refractivity contribution is -0.0313. The normalized spacial score (nSPS) is 22.4. The molecule has 3 unspecified atom stereocenters. The van der Waals surface area contributed by atoms with Crippen LogP contribution in [0.25, 0.3) is 11.4 Å². The average Bonchev–Trinajstić information content (AvgIpc) is 2.81. The van der Waals surface area contributed by atoms with E-state index in [2.05, 4.69) is 15.0 Å². The fourth-order valence-corrected chi connectivity index (χ4v) is 4.65. The first-order valence-electron chi connectivity index (χ1n) is 10.6. The molecule has 0 N–H and O–H groups in total. The number of carbonyl (C=O) groups is 1. The van der Waals surface area contributed by atoms with Crippen molar-refractivity contribution in [3.63, 3.8) is 0 Å². The maximum Gasteiger partial charge on any atom is 0.254 e. The Morgan fingerprint density at radius 3 is 2.71 bits per heavy atom. The van der Waals surface area contributed by atoms with Crippen molar-refractivity contribution in [1.82, 2.24) is 19.9 Å². The fraction of sp³-hybridized carbons (Fsp3) is 0.333. The summed E-state index contributed by atoms with van der Waals surface area (Å²) in [7, 11) is 0. The number of pyridine rings is 1. The number of rotatable bonds is 4. The molecular weight excluding hydrogens is 395 g/mol. The summed E-state index contributed by atoms with van der Waals surface area (Å²) >= 11 is 0. The van der Waals surface area contributed by atoms with Crippen LogP contribution in [0.2, 0.25) is 0 Å². The SMILES string of the molecule is Cc1ccc(OC2CC3CCC2N(C(=O)c2ccc(F)cc2-c2ncccn2)C3)nc1. The fourth-order valence-electron chi connectivity index (χ4n) is 4.65. The molecule has 2 aliphatic heterocycles. The molecule has 1 amide bonds. The van der Waals surface area contributed by atoms with E-state index >= 15 is 0 Å². The van der Waals surface area contributed by atoms with Gasteiger partial charge in [0.05, 0.1) is 11.6 Å². The minimum absolute atomic E-state index is 0.0461. The Hall–Kier alpha value is -3.35. The number of aromatic nitrogens is 3. The van der Waals surface area contributed by atoms with Gasteiger partial charge in [-0.05, 0) is 61.9 Å². The van der Waals surface area contributed by atoms with E-state index in [0.717, 1.165) is 24.8 Å². The van der Waals surface area contributed by atoms with Gasteiger partial charge in [-0.2, -0.15) is 0 Å². The maximum absolute atomic E-state index is 14.0. The molecule has 0 radical (unpaired) electrons. The quantitative estimate of drug-likeness (QED) is 0.639. The van der Waals surface area contributed by atoms with Crippen LogP contribution in [0.4, 0.5) is 4.39 Å². The number of ether oxygens (including phenoxy) is 1. The number of hydrogen-bond donors (Lipinski definition) is 0. The highest BCUT2D eigenvalue weighted by Crippen LogP contribution is 2.38. The first-order valence-corrected chi connectivity index (χ1v) is 10.6. The summed E-state index contributed by atoms with van der Waals surface area (Å²) in [4.78, 5) is 28.3. The van der Waals surface area contributed by atoms with Crippen molar-refractivity contribution in [2.75, 3.05) is 6.54 Å². The molecule has 2 saturated heterocycles. The van der Waals surface area contributed by atoms with Crippen molar-refractivity contribution in [2.45, 2.75) is 38.3 Å². The zero-order valence-corrected chi connectivity index (χ0v) is 17.2. The van der Waals surface area contributed by atoms with E-state index in [1.54, 1.807) is 24.7 Å². The molecule has 31 heavy (non-hydrogen) atoms. The molecule has 2 bridgehead atoms. The van der Waals surface area contributed by atoms with E-state index < -0.39 is 5.82 Å². The van der Waals surface area contributed by atoms with Gasteiger partial charge in [0, 0.05) is 36.8 Å². The summed E-state index contributed by atoms with van der Waals surface area (Å²) in [5, 5.41) is 0. The first kappa shape index (κ1) is 19.6. The molecule has 3 aromatic rings. The van der Waals surface area contributed by atoms with E-state index in [1.807, 2.05) is 24.0 Å². The molecular formula is C24H23FN4O2. The number of amides is 1. The minimum atomic E-state index is -0.425. The van der Waals surface area contributed by atoms with Gasteiger partial charge in [-0.25, -0.2) is 19.3 Å². The van der Waals surface area contributed by atoms with Crippen LogP contribution in [0.15, 0.2) is 55.0 Å². The Morgan fingerprint density at radius 1 is 1.13 bits per heavy atom. The van der Waals surface area contributed by atoms with Crippen LogP contribution in [0.3, 0.4) is 0 Å². The van der Waals surface area contributed by atoms with Crippen LogP contribution < -0.4 is 4.74 Å². The maximum atomic E-state index is 14.0. The summed E-state index contributed by atoms with van der Waals surface area (Å²) in [6.07, 6.45) is 7.71. The second kappa shape index (κ2) is 8.06. The molecule has 3 aliphatic rings. The molecule has 3 atom stereocenters. The van der Waals surface area contributed by atoms with Crippen LogP contribution in [-0.4, -0.2) is 44.4 Å². The third kappa shape index (κ3) is 3.87. The van der Waals surface area contributed by atoms with Crippen LogP contribution >= 0.6 is 0 Å². The second-order valence-electron chi connectivity index (χ2n) is 8.30. The van der Waals surface area contributed by atoms with E-state index in [4.69, 9.17) is 4.74 Å². The number of hydrogen-bond acceptors (Lipinski definition) is 5. The monoisotopic (exact) mass is 418 g/mol. The lowest BCUT2D eigenvalue weighted by atomic mass is 9.77. The van der Waals surface area contributed by atoms with Crippen LogP contribution in [0.1, 0.15) is 35.2 Å². The van der Waals surface area contributed by atoms with E-state index in [0.29, 0.717) is 35.3 Å². The number of nitrogens with zero attached hydrogens (tertiary/aromatic N) is 4. The smallest absolute Gasteiger partial charge is 0.254 e. The predicted octanol–water partition coefficient (Wildman–Crippen LogP) is 4.06. The third-order valence-electron chi connectivity index (χ3n) is 6.16. The molecule has 7 heteroatoms. The van der Waals surface area contributed by atoms with Crippen molar-refractivity contribution >= 4 is 5.91 Å². The molecule has 4 heterocycles. The minimum Gasteiger partial charge on any atom is -0.472 e. The molecule has 158 valence electrons. The number of fused-ring (bicyclic) bond motifs is 3. The zero-order valence-electron chi connectivity index (χ0n) is 17.2. The first-order chi connectivity index (χ1) is 15.1. The molecule has 3 fully saturated rings. The summed E-state index contributed by atoms with van der Waals surface area (Å²) in [5.74, 6) is 0.731. The van der Waals surface area contributed by atoms with Crippen molar-refractivity contribution < 1.29 is 13.9 Å². The number of carbonyl (C=O) groups excluding carboxylic acids is 1. The van der Waals surface area contributed by atoms with Crippen molar-refractivity contribution in [3.05, 3.63) is 71.9 Å². The number of benzene rings is 1. The Morgan fingerprint density at radius 2 is 1.97 bits per heavy atom. The Balaban J connectivity index is 1.44. The Labute approximate surface area is 180 Å². The number of halogens is 1. The molecule has 6 nitrogen and oxygen atoms in total. The third-order valence-corrected chi connectivity index (χ3v) is 6.16. The molecule has 1 aliphatic carbocycles. The molecule has 2 aromatic heterocycles. The molecule has 6 rings (SSSR count). The standard InChI is InChI=1S/C24H23FN4O2/c1-15-3-8-22(28-13-15)31-21-11-16-4-7-20(21)29(14-16)24(30)18-6-5-17(25)12-19(18)23-26-9-2-10-27-23/h2-3,5-6,8-10,12-13,16,20-21H,4,7,11,14H2,1H3. The van der Waals surface area contributed by atoms with E-state index in [-0.39, 0.29) is 18.1 Å². The molecule has 0 spiro atoms. The zero-order chi connectivity index (χ0) is 21.4. The van der Waals surface area contributed by atoms with Crippen molar-refractivity contribution in [3.8, 4) is 17.3 Å². The summed E-state index contributed by atoms with van der Waals surface area (Å²) < 4.78 is 20.2. The van der Waals surface area contributed by atoms with Crippen LogP contribution in [-0.2, 0) is 0 Å². The average molecular weight is 418 g/mol. The van der Waals surface area contributed by atoms with Crippen molar-refractivity contribution in [1.29, 1.82) is 0 Å². The second-order valence-corrected chi connectivity index (χ2v) is 8.30.